The predicted molar refractivity (Wildman–Crippen MR) is 61.6 cm³/mol. The van der Waals surface area contributed by atoms with Crippen molar-refractivity contribution in [2.45, 2.75) is 6.42 Å². The second kappa shape index (κ2) is 5.46. The summed E-state index contributed by atoms with van der Waals surface area (Å²) in [7, 11) is 5.14. The molecule has 0 fully saturated rings. The van der Waals surface area contributed by atoms with Crippen LogP contribution in [-0.2, 0) is 6.42 Å². The highest BCUT2D eigenvalue weighted by Gasteiger charge is 2.08. The Labute approximate surface area is 90.4 Å². The number of hydrogen-bond donors (Lipinski definition) is 2. The summed E-state index contributed by atoms with van der Waals surface area (Å²) in [4.78, 5) is 0. The molecule has 0 spiro atoms. The zero-order valence-electron chi connectivity index (χ0n) is 9.46. The van der Waals surface area contributed by atoms with Gasteiger partial charge >= 0.3 is 0 Å². The zero-order valence-corrected chi connectivity index (χ0v) is 9.46. The van der Waals surface area contributed by atoms with E-state index < -0.39 is 0 Å². The Morgan fingerprint density at radius 1 is 1.20 bits per heavy atom. The molecule has 0 saturated carbocycles. The standard InChI is InChI=1S/C11H18N2O2/c1-13-5-4-8-6-10(14-2)11(15-3)7-9(8)12/h6-7,13H,4-5,12H2,1-3H3. The summed E-state index contributed by atoms with van der Waals surface area (Å²) in [5.74, 6) is 1.39. The van der Waals surface area contributed by atoms with Crippen LogP contribution in [0.2, 0.25) is 0 Å². The van der Waals surface area contributed by atoms with Gasteiger partial charge in [-0.25, -0.2) is 0 Å². The van der Waals surface area contributed by atoms with Crippen LogP contribution in [0.15, 0.2) is 12.1 Å². The van der Waals surface area contributed by atoms with Gasteiger partial charge in [-0.3, -0.25) is 0 Å². The fourth-order valence-electron chi connectivity index (χ4n) is 1.41. The minimum Gasteiger partial charge on any atom is -0.493 e. The van der Waals surface area contributed by atoms with E-state index in [9.17, 15) is 0 Å². The summed E-state index contributed by atoms with van der Waals surface area (Å²) in [6, 6.07) is 3.72. The van der Waals surface area contributed by atoms with E-state index in [0.29, 0.717) is 5.75 Å². The number of methoxy groups -OCH3 is 2. The number of benzene rings is 1. The van der Waals surface area contributed by atoms with Gasteiger partial charge in [-0.2, -0.15) is 0 Å². The third-order valence-electron chi connectivity index (χ3n) is 2.29. The predicted octanol–water partition coefficient (Wildman–Crippen LogP) is 1.05. The molecule has 0 aliphatic rings. The van der Waals surface area contributed by atoms with Crippen LogP contribution in [0, 0.1) is 0 Å². The van der Waals surface area contributed by atoms with E-state index in [4.69, 9.17) is 15.2 Å². The van der Waals surface area contributed by atoms with Crippen molar-refractivity contribution in [3.05, 3.63) is 17.7 Å². The molecule has 0 heterocycles. The normalized spacial score (nSPS) is 10.1. The fraction of sp³-hybridized carbons (Fsp3) is 0.455. The molecule has 0 unspecified atom stereocenters. The molecule has 1 aromatic rings. The first-order chi connectivity index (χ1) is 7.22. The van der Waals surface area contributed by atoms with Crippen LogP contribution in [0.4, 0.5) is 5.69 Å². The van der Waals surface area contributed by atoms with E-state index in [1.165, 1.54) is 0 Å². The van der Waals surface area contributed by atoms with E-state index in [1.807, 2.05) is 13.1 Å². The van der Waals surface area contributed by atoms with E-state index in [0.717, 1.165) is 30.0 Å². The van der Waals surface area contributed by atoms with Crippen LogP contribution >= 0.6 is 0 Å². The minimum atomic E-state index is 0.670. The summed E-state index contributed by atoms with van der Waals surface area (Å²) >= 11 is 0. The molecule has 0 aliphatic heterocycles. The molecular weight excluding hydrogens is 192 g/mol. The maximum atomic E-state index is 5.90. The number of likely N-dealkylation sites (N-methyl/N-ethyl adjacent to an activating group) is 1. The summed E-state index contributed by atoms with van der Waals surface area (Å²) in [6.07, 6.45) is 0.878. The number of nitrogens with one attached hydrogen (secondary N) is 1. The number of ether oxygens (including phenoxy) is 2. The molecule has 0 aromatic heterocycles. The molecule has 0 bridgehead atoms. The van der Waals surface area contributed by atoms with Gasteiger partial charge in [0.15, 0.2) is 11.5 Å². The summed E-state index contributed by atoms with van der Waals surface area (Å²) in [5, 5.41) is 3.08. The molecule has 4 nitrogen and oxygen atoms in total. The van der Waals surface area contributed by atoms with E-state index >= 15 is 0 Å². The van der Waals surface area contributed by atoms with E-state index in [2.05, 4.69) is 5.32 Å². The molecule has 0 radical (unpaired) electrons. The Morgan fingerprint density at radius 2 is 1.80 bits per heavy atom. The quantitative estimate of drug-likeness (QED) is 0.713. The molecule has 0 aliphatic carbocycles. The molecule has 1 aromatic carbocycles. The van der Waals surface area contributed by atoms with Gasteiger partial charge in [0.25, 0.3) is 0 Å². The summed E-state index contributed by atoms with van der Waals surface area (Å²) in [5.41, 5.74) is 7.71. The van der Waals surface area contributed by atoms with Gasteiger partial charge < -0.3 is 20.5 Å². The topological polar surface area (TPSA) is 56.5 Å². The van der Waals surface area contributed by atoms with Crippen molar-refractivity contribution in [1.29, 1.82) is 0 Å². The second-order valence-electron chi connectivity index (χ2n) is 3.26. The first kappa shape index (κ1) is 11.7. The average molecular weight is 210 g/mol. The van der Waals surface area contributed by atoms with Crippen molar-refractivity contribution in [3.8, 4) is 11.5 Å². The third-order valence-corrected chi connectivity index (χ3v) is 2.29. The van der Waals surface area contributed by atoms with Gasteiger partial charge in [0, 0.05) is 11.8 Å². The molecule has 1 rings (SSSR count). The SMILES string of the molecule is CNCCc1cc(OC)c(OC)cc1N. The van der Waals surface area contributed by atoms with Crippen LogP contribution < -0.4 is 20.5 Å². The largest absolute Gasteiger partial charge is 0.493 e. The first-order valence-electron chi connectivity index (χ1n) is 4.88. The van der Waals surface area contributed by atoms with Crippen molar-refractivity contribution in [2.75, 3.05) is 33.5 Å². The number of hydrogen-bond acceptors (Lipinski definition) is 4. The molecule has 4 heteroatoms. The molecule has 0 atom stereocenters. The molecule has 15 heavy (non-hydrogen) atoms. The lowest BCUT2D eigenvalue weighted by Gasteiger charge is -2.12. The maximum absolute atomic E-state index is 5.90. The van der Waals surface area contributed by atoms with Gasteiger partial charge in [-0.1, -0.05) is 0 Å². The van der Waals surface area contributed by atoms with Crippen molar-refractivity contribution < 1.29 is 9.47 Å². The Morgan fingerprint density at radius 3 is 2.33 bits per heavy atom. The van der Waals surface area contributed by atoms with Gasteiger partial charge in [-0.15, -0.1) is 0 Å². The van der Waals surface area contributed by atoms with Crippen LogP contribution in [0.1, 0.15) is 5.56 Å². The number of rotatable bonds is 5. The van der Waals surface area contributed by atoms with Gasteiger partial charge in [0.1, 0.15) is 0 Å². The van der Waals surface area contributed by atoms with Crippen molar-refractivity contribution in [3.63, 3.8) is 0 Å². The van der Waals surface area contributed by atoms with Gasteiger partial charge in [0.2, 0.25) is 0 Å². The molecule has 3 N–H and O–H groups in total. The number of nitrogens with two attached hydrogens (primary N) is 1. The fourth-order valence-corrected chi connectivity index (χ4v) is 1.41. The van der Waals surface area contributed by atoms with Crippen LogP contribution in [-0.4, -0.2) is 27.8 Å². The highest BCUT2D eigenvalue weighted by Crippen LogP contribution is 2.31. The van der Waals surface area contributed by atoms with Crippen molar-refractivity contribution in [1.82, 2.24) is 5.32 Å². The zero-order chi connectivity index (χ0) is 11.3. The highest BCUT2D eigenvalue weighted by atomic mass is 16.5. The van der Waals surface area contributed by atoms with Crippen LogP contribution in [0.5, 0.6) is 11.5 Å². The Balaban J connectivity index is 2.97. The van der Waals surface area contributed by atoms with Crippen molar-refractivity contribution in [2.24, 2.45) is 0 Å². The number of nitrogen functional groups attached to an aromatic ring is 1. The lowest BCUT2D eigenvalue weighted by Crippen LogP contribution is -2.11. The second-order valence-corrected chi connectivity index (χ2v) is 3.26. The van der Waals surface area contributed by atoms with E-state index in [1.54, 1.807) is 20.3 Å². The summed E-state index contributed by atoms with van der Waals surface area (Å²) in [6.45, 7) is 0.889. The van der Waals surface area contributed by atoms with E-state index in [-0.39, 0.29) is 0 Å². The maximum Gasteiger partial charge on any atom is 0.162 e. The van der Waals surface area contributed by atoms with Crippen LogP contribution in [0.3, 0.4) is 0 Å². The number of anilines is 1. The lowest BCUT2D eigenvalue weighted by molar-refractivity contribution is 0.355. The third kappa shape index (κ3) is 2.76. The average Bonchev–Trinajstić information content (AvgIpc) is 2.27. The first-order valence-corrected chi connectivity index (χ1v) is 4.88. The van der Waals surface area contributed by atoms with Gasteiger partial charge in [-0.05, 0) is 31.6 Å². The molecule has 0 amide bonds. The van der Waals surface area contributed by atoms with Gasteiger partial charge in [0.05, 0.1) is 14.2 Å². The summed E-state index contributed by atoms with van der Waals surface area (Å²) < 4.78 is 10.4. The Bertz CT molecular complexity index is 327. The monoisotopic (exact) mass is 210 g/mol. The molecular formula is C11H18N2O2. The lowest BCUT2D eigenvalue weighted by atomic mass is 10.1. The molecule has 0 saturated heterocycles. The van der Waals surface area contributed by atoms with Crippen LogP contribution in [0.25, 0.3) is 0 Å². The molecule has 84 valence electrons. The smallest absolute Gasteiger partial charge is 0.162 e. The highest BCUT2D eigenvalue weighted by molar-refractivity contribution is 5.58. The Hall–Kier alpha value is -1.42. The Kier molecular flexibility index (Phi) is 4.24. The minimum absolute atomic E-state index is 0.670. The van der Waals surface area contributed by atoms with Crippen molar-refractivity contribution >= 4 is 5.69 Å².